The van der Waals surface area contributed by atoms with Gasteiger partial charge in [-0.15, -0.1) is 0 Å². The number of aromatic nitrogens is 2. The highest BCUT2D eigenvalue weighted by atomic mass is 32.2. The van der Waals surface area contributed by atoms with Crippen LogP contribution in [-0.4, -0.2) is 55.4 Å². The number of rotatable bonds is 3. The Morgan fingerprint density at radius 1 is 1.29 bits per heavy atom. The average Bonchev–Trinajstić information content (AvgIpc) is 2.68. The van der Waals surface area contributed by atoms with Crippen LogP contribution in [0.2, 0.25) is 0 Å². The molecule has 0 radical (unpaired) electrons. The summed E-state index contributed by atoms with van der Waals surface area (Å²) in [5.41, 5.74) is 0.411. The quantitative estimate of drug-likeness (QED) is 0.830. The summed E-state index contributed by atoms with van der Waals surface area (Å²) in [5, 5.41) is 9.77. The molecule has 1 atom stereocenters. The van der Waals surface area contributed by atoms with Crippen LogP contribution in [0.5, 0.6) is 0 Å². The molecule has 4 rings (SSSR count). The summed E-state index contributed by atoms with van der Waals surface area (Å²) in [4.78, 5) is 10.6. The van der Waals surface area contributed by atoms with Crippen molar-refractivity contribution in [2.75, 3.05) is 37.6 Å². The lowest BCUT2D eigenvalue weighted by molar-refractivity contribution is 0.292. The van der Waals surface area contributed by atoms with Crippen LogP contribution in [0.15, 0.2) is 18.5 Å². The number of halogens is 1. The van der Waals surface area contributed by atoms with Crippen LogP contribution in [0.25, 0.3) is 10.9 Å². The summed E-state index contributed by atoms with van der Waals surface area (Å²) in [6.45, 7) is 2.91. The summed E-state index contributed by atoms with van der Waals surface area (Å²) in [6, 6.07) is 4.61. The number of fused-ring (bicyclic) bond motifs is 1. The minimum atomic E-state index is -3.39. The minimum Gasteiger partial charge on any atom is -0.356 e. The van der Waals surface area contributed by atoms with Crippen molar-refractivity contribution in [3.8, 4) is 6.07 Å². The Morgan fingerprint density at radius 2 is 2.14 bits per heavy atom. The third-order valence-electron chi connectivity index (χ3n) is 5.31. The Morgan fingerprint density at radius 3 is 2.93 bits per heavy atom. The van der Waals surface area contributed by atoms with Crippen molar-refractivity contribution in [3.63, 3.8) is 0 Å². The molecule has 28 heavy (non-hydrogen) atoms. The van der Waals surface area contributed by atoms with E-state index in [-0.39, 0.29) is 11.5 Å². The molecule has 0 aliphatic carbocycles. The second-order valence-electron chi connectivity index (χ2n) is 7.22. The molecule has 2 aliphatic rings. The van der Waals surface area contributed by atoms with E-state index in [4.69, 9.17) is 5.26 Å². The number of nitrogens with zero attached hydrogens (tertiary/aromatic N) is 5. The maximum absolute atomic E-state index is 13.9. The van der Waals surface area contributed by atoms with Gasteiger partial charge in [-0.3, -0.25) is 0 Å². The van der Waals surface area contributed by atoms with Gasteiger partial charge in [0.2, 0.25) is 0 Å². The summed E-state index contributed by atoms with van der Waals surface area (Å²) in [7, 11) is -3.39. The van der Waals surface area contributed by atoms with Crippen molar-refractivity contribution < 1.29 is 12.8 Å². The molecule has 0 spiro atoms. The van der Waals surface area contributed by atoms with Crippen molar-refractivity contribution in [1.29, 1.82) is 5.26 Å². The van der Waals surface area contributed by atoms with Gasteiger partial charge in [-0.05, 0) is 31.2 Å². The molecule has 0 amide bonds. The third-order valence-corrected chi connectivity index (χ3v) is 6.89. The molecule has 2 saturated heterocycles. The average molecular weight is 404 g/mol. The number of hydrogen-bond donors (Lipinski definition) is 1. The zero-order chi connectivity index (χ0) is 19.7. The lowest BCUT2D eigenvalue weighted by atomic mass is 9.97. The van der Waals surface area contributed by atoms with E-state index in [9.17, 15) is 12.8 Å². The van der Waals surface area contributed by atoms with Gasteiger partial charge in [0, 0.05) is 44.2 Å². The number of nitrogens with one attached hydrogen (secondary N) is 1. The molecule has 8 nitrogen and oxygen atoms in total. The summed E-state index contributed by atoms with van der Waals surface area (Å²) < 4.78 is 42.4. The first-order chi connectivity index (χ1) is 13.5. The van der Waals surface area contributed by atoms with E-state index in [1.54, 1.807) is 0 Å². The van der Waals surface area contributed by atoms with Crippen LogP contribution < -0.4 is 9.62 Å². The molecular formula is C18H21FN6O2S. The SMILES string of the molecule is N#Cc1cc2c(N3CCCC(CN4CCCNS4(=O)=O)C3)ncnc2cc1F. The van der Waals surface area contributed by atoms with Gasteiger partial charge in [-0.1, -0.05) is 0 Å². The Bertz CT molecular complexity index is 1040. The smallest absolute Gasteiger partial charge is 0.279 e. The van der Waals surface area contributed by atoms with Crippen LogP contribution in [0.4, 0.5) is 10.2 Å². The first-order valence-electron chi connectivity index (χ1n) is 9.32. The van der Waals surface area contributed by atoms with Crippen LogP contribution in [0.3, 0.4) is 0 Å². The third kappa shape index (κ3) is 3.65. The maximum atomic E-state index is 13.9. The highest BCUT2D eigenvalue weighted by Gasteiger charge is 2.30. The normalized spacial score (nSPS) is 22.9. The molecule has 148 valence electrons. The van der Waals surface area contributed by atoms with E-state index < -0.39 is 16.0 Å². The number of piperidine rings is 1. The molecule has 1 N–H and O–H groups in total. The predicted molar refractivity (Wildman–Crippen MR) is 102 cm³/mol. The van der Waals surface area contributed by atoms with E-state index in [2.05, 4.69) is 19.6 Å². The van der Waals surface area contributed by atoms with Crippen molar-refractivity contribution in [3.05, 3.63) is 29.8 Å². The van der Waals surface area contributed by atoms with E-state index >= 15 is 0 Å². The van der Waals surface area contributed by atoms with Crippen molar-refractivity contribution in [1.82, 2.24) is 19.0 Å². The summed E-state index contributed by atoms with van der Waals surface area (Å²) >= 11 is 0. The summed E-state index contributed by atoms with van der Waals surface area (Å²) in [5.74, 6) is 0.231. The first kappa shape index (κ1) is 19.0. The van der Waals surface area contributed by atoms with E-state index in [1.807, 2.05) is 6.07 Å². The molecular weight excluding hydrogens is 383 g/mol. The van der Waals surface area contributed by atoms with Crippen molar-refractivity contribution in [2.24, 2.45) is 5.92 Å². The molecule has 10 heteroatoms. The molecule has 1 unspecified atom stereocenters. The highest BCUT2D eigenvalue weighted by Crippen LogP contribution is 2.29. The second kappa shape index (κ2) is 7.58. The van der Waals surface area contributed by atoms with E-state index in [0.717, 1.165) is 25.8 Å². The Labute approximate surface area is 163 Å². The molecule has 0 saturated carbocycles. The van der Waals surface area contributed by atoms with Crippen LogP contribution >= 0.6 is 0 Å². The van der Waals surface area contributed by atoms with E-state index in [1.165, 1.54) is 22.8 Å². The highest BCUT2D eigenvalue weighted by molar-refractivity contribution is 7.87. The van der Waals surface area contributed by atoms with Crippen molar-refractivity contribution >= 4 is 26.9 Å². The maximum Gasteiger partial charge on any atom is 0.279 e. The molecule has 0 bridgehead atoms. The molecule has 2 aromatic rings. The van der Waals surface area contributed by atoms with Crippen LogP contribution in [-0.2, 0) is 10.2 Å². The Balaban J connectivity index is 1.59. The van der Waals surface area contributed by atoms with Gasteiger partial charge < -0.3 is 4.90 Å². The fourth-order valence-electron chi connectivity index (χ4n) is 3.95. The lowest BCUT2D eigenvalue weighted by Crippen LogP contribution is -2.50. The molecule has 1 aromatic heterocycles. The minimum absolute atomic E-state index is 0.0393. The Hall–Kier alpha value is -2.35. The van der Waals surface area contributed by atoms with Gasteiger partial charge in [0.25, 0.3) is 10.2 Å². The van der Waals surface area contributed by atoms with Gasteiger partial charge >= 0.3 is 0 Å². The summed E-state index contributed by atoms with van der Waals surface area (Å²) in [6.07, 6.45) is 4.04. The lowest BCUT2D eigenvalue weighted by Gasteiger charge is -2.37. The number of benzene rings is 1. The topological polar surface area (TPSA) is 102 Å². The molecule has 1 aromatic carbocycles. The molecule has 2 aliphatic heterocycles. The van der Waals surface area contributed by atoms with Crippen LogP contribution in [0, 0.1) is 23.1 Å². The van der Waals surface area contributed by atoms with Gasteiger partial charge in [0.15, 0.2) is 0 Å². The van der Waals surface area contributed by atoms with Crippen LogP contribution in [0.1, 0.15) is 24.8 Å². The van der Waals surface area contributed by atoms with E-state index in [0.29, 0.717) is 42.9 Å². The van der Waals surface area contributed by atoms with Gasteiger partial charge in [0.05, 0.1) is 11.1 Å². The fraction of sp³-hybridized carbons (Fsp3) is 0.500. The van der Waals surface area contributed by atoms with Crippen molar-refractivity contribution in [2.45, 2.75) is 19.3 Å². The standard InChI is InChI=1S/C18H21FN6O2S/c19-16-8-17-15(7-14(16)9-20)18(22-12-21-17)24-5-1-3-13(10-24)11-25-6-2-4-23-28(25,26)27/h7-8,12-13,23H,1-6,10-11H2. The second-order valence-corrected chi connectivity index (χ2v) is 8.98. The van der Waals surface area contributed by atoms with Gasteiger partial charge in [0.1, 0.15) is 24.0 Å². The van der Waals surface area contributed by atoms with Gasteiger partial charge in [-0.2, -0.15) is 18.0 Å². The molecule has 2 fully saturated rings. The zero-order valence-electron chi connectivity index (χ0n) is 15.3. The number of hydrogen-bond acceptors (Lipinski definition) is 6. The largest absolute Gasteiger partial charge is 0.356 e. The predicted octanol–water partition coefficient (Wildman–Crippen LogP) is 1.40. The molecule has 3 heterocycles. The zero-order valence-corrected chi connectivity index (χ0v) is 16.1. The monoisotopic (exact) mass is 404 g/mol. The van der Waals surface area contributed by atoms with Gasteiger partial charge in [-0.25, -0.2) is 19.1 Å². The number of nitriles is 1. The Kier molecular flexibility index (Phi) is 5.14. The number of anilines is 1. The fourth-order valence-corrected chi connectivity index (χ4v) is 5.31. The first-order valence-corrected chi connectivity index (χ1v) is 10.8.